The summed E-state index contributed by atoms with van der Waals surface area (Å²) in [6, 6.07) is 0.870. The molecule has 0 aliphatic rings. The molecular weight excluding hydrogens is 649 g/mol. The van der Waals surface area contributed by atoms with Gasteiger partial charge < -0.3 is 13.3 Å². The standard InChI is InChI=1S/C45H92O3SSi/c1-4-7-10-13-16-19-22-24-25-27-30-33-36-39-43-48-50(45-40-44-49,46-41-37-34-31-28-21-18-15-12-9-6-3)47-42-38-35-32-29-26-23-20-17-14-11-8-5-2/h37,41,49H,4-36,38-40,42-45H2,1-3H3. The van der Waals surface area contributed by atoms with Gasteiger partial charge in [-0.15, -0.1) is 0 Å². The van der Waals surface area contributed by atoms with Crippen molar-refractivity contribution in [1.29, 1.82) is 0 Å². The average molecular weight is 741 g/mol. The summed E-state index contributed by atoms with van der Waals surface area (Å²) in [5, 5.41) is 0. The minimum atomic E-state index is -2.75. The van der Waals surface area contributed by atoms with E-state index in [9.17, 15) is 0 Å². The summed E-state index contributed by atoms with van der Waals surface area (Å²) in [6.45, 7) is 8.42. The molecule has 5 heteroatoms. The molecule has 0 amide bonds. The molecule has 0 aromatic heterocycles. The summed E-state index contributed by atoms with van der Waals surface area (Å²) in [5.74, 6) is 0.851. The van der Waals surface area contributed by atoms with Crippen molar-refractivity contribution in [2.75, 3.05) is 19.0 Å². The highest BCUT2D eigenvalue weighted by atomic mass is 32.1. The molecule has 0 rings (SSSR count). The SMILES string of the molecule is CCCCCCCCCCC=CO[Si](CCCS)(OCCCCCCCCCCCCCC)OCCCCCCCCCCCCCCCC. The molecule has 0 aliphatic heterocycles. The molecule has 0 spiro atoms. The van der Waals surface area contributed by atoms with Crippen molar-refractivity contribution in [3.8, 4) is 0 Å². The molecule has 0 saturated heterocycles. The van der Waals surface area contributed by atoms with Crippen LogP contribution in [0.4, 0.5) is 0 Å². The second-order valence-electron chi connectivity index (χ2n) is 15.4. The number of hydrogen-bond acceptors (Lipinski definition) is 4. The van der Waals surface area contributed by atoms with Gasteiger partial charge in [-0.3, -0.25) is 0 Å². The molecule has 0 fully saturated rings. The second-order valence-corrected chi connectivity index (χ2v) is 18.6. The van der Waals surface area contributed by atoms with Crippen LogP contribution in [0.3, 0.4) is 0 Å². The van der Waals surface area contributed by atoms with Gasteiger partial charge in [-0.1, -0.05) is 226 Å². The fourth-order valence-electron chi connectivity index (χ4n) is 6.92. The van der Waals surface area contributed by atoms with E-state index in [2.05, 4.69) is 39.5 Å². The lowest BCUT2D eigenvalue weighted by molar-refractivity contribution is 0.0861. The van der Waals surface area contributed by atoms with Crippen molar-refractivity contribution >= 4 is 21.4 Å². The first-order valence-electron chi connectivity index (χ1n) is 23.0. The van der Waals surface area contributed by atoms with E-state index in [1.807, 2.05) is 6.26 Å². The van der Waals surface area contributed by atoms with Crippen LogP contribution in [0.25, 0.3) is 0 Å². The molecule has 0 saturated carbocycles. The van der Waals surface area contributed by atoms with Crippen molar-refractivity contribution in [1.82, 2.24) is 0 Å². The third kappa shape index (κ3) is 37.8. The van der Waals surface area contributed by atoms with Crippen LogP contribution in [0.15, 0.2) is 12.3 Å². The van der Waals surface area contributed by atoms with E-state index in [1.165, 1.54) is 205 Å². The summed E-state index contributed by atoms with van der Waals surface area (Å²) < 4.78 is 19.8. The quantitative estimate of drug-likeness (QED) is 0.0292. The topological polar surface area (TPSA) is 27.7 Å². The van der Waals surface area contributed by atoms with E-state index in [-0.39, 0.29) is 0 Å². The summed E-state index contributed by atoms with van der Waals surface area (Å²) in [7, 11) is -2.75. The molecule has 1 unspecified atom stereocenters. The van der Waals surface area contributed by atoms with Crippen molar-refractivity contribution in [3.05, 3.63) is 12.3 Å². The molecule has 0 heterocycles. The molecule has 0 aliphatic carbocycles. The van der Waals surface area contributed by atoms with Gasteiger partial charge in [-0.25, -0.2) is 0 Å². The number of thiol groups is 1. The lowest BCUT2D eigenvalue weighted by atomic mass is 10.0. The summed E-state index contributed by atoms with van der Waals surface area (Å²) in [5.41, 5.74) is 0. The van der Waals surface area contributed by atoms with Gasteiger partial charge in [-0.05, 0) is 37.9 Å². The number of rotatable bonds is 44. The fraction of sp³-hybridized carbons (Fsp3) is 0.956. The zero-order valence-electron chi connectivity index (χ0n) is 34.6. The Kier molecular flexibility index (Phi) is 43.5. The first kappa shape index (κ1) is 50.0. The zero-order valence-corrected chi connectivity index (χ0v) is 36.5. The third-order valence-electron chi connectivity index (χ3n) is 10.3. The van der Waals surface area contributed by atoms with Crippen LogP contribution in [0.2, 0.25) is 6.04 Å². The maximum Gasteiger partial charge on any atom is 0.565 e. The van der Waals surface area contributed by atoms with Gasteiger partial charge in [0.05, 0.1) is 6.26 Å². The highest BCUT2D eigenvalue weighted by Gasteiger charge is 2.42. The Morgan fingerprint density at radius 2 is 0.680 bits per heavy atom. The van der Waals surface area contributed by atoms with Gasteiger partial charge in [0.15, 0.2) is 0 Å². The van der Waals surface area contributed by atoms with Crippen molar-refractivity contribution < 1.29 is 13.3 Å². The number of hydrogen-bond donors (Lipinski definition) is 1. The molecule has 3 nitrogen and oxygen atoms in total. The van der Waals surface area contributed by atoms with E-state index in [1.54, 1.807) is 0 Å². The monoisotopic (exact) mass is 741 g/mol. The van der Waals surface area contributed by atoms with Crippen LogP contribution in [0.1, 0.15) is 252 Å². The van der Waals surface area contributed by atoms with E-state index < -0.39 is 8.80 Å². The normalized spacial score (nSPS) is 13.0. The van der Waals surface area contributed by atoms with Crippen LogP contribution < -0.4 is 0 Å². The minimum absolute atomic E-state index is 0.765. The Balaban J connectivity index is 4.48. The highest BCUT2D eigenvalue weighted by molar-refractivity contribution is 7.80. The van der Waals surface area contributed by atoms with Crippen LogP contribution in [-0.4, -0.2) is 27.8 Å². The van der Waals surface area contributed by atoms with Crippen molar-refractivity contribution in [2.24, 2.45) is 0 Å². The highest BCUT2D eigenvalue weighted by Crippen LogP contribution is 2.22. The molecular formula is C45H92O3SSi. The number of allylic oxidation sites excluding steroid dienone is 1. The Bertz CT molecular complexity index is 648. The Hall–Kier alpha value is 0.0269. The minimum Gasteiger partial charge on any atom is -0.508 e. The molecule has 0 N–H and O–H groups in total. The van der Waals surface area contributed by atoms with Gasteiger partial charge in [0.2, 0.25) is 0 Å². The lowest BCUT2D eigenvalue weighted by Gasteiger charge is -2.28. The molecule has 300 valence electrons. The molecule has 0 bridgehead atoms. The maximum atomic E-state index is 6.65. The van der Waals surface area contributed by atoms with Gasteiger partial charge in [-0.2, -0.15) is 12.6 Å². The molecule has 50 heavy (non-hydrogen) atoms. The largest absolute Gasteiger partial charge is 0.565 e. The summed E-state index contributed by atoms with van der Waals surface area (Å²) >= 11 is 4.55. The third-order valence-corrected chi connectivity index (χ3v) is 13.4. The fourth-order valence-corrected chi connectivity index (χ4v) is 9.83. The molecule has 1 atom stereocenters. The Morgan fingerprint density at radius 1 is 0.380 bits per heavy atom. The summed E-state index contributed by atoms with van der Waals surface area (Å²) in [4.78, 5) is 0. The van der Waals surface area contributed by atoms with Crippen LogP contribution >= 0.6 is 12.6 Å². The smallest absolute Gasteiger partial charge is 0.508 e. The van der Waals surface area contributed by atoms with Crippen molar-refractivity contribution in [3.63, 3.8) is 0 Å². The van der Waals surface area contributed by atoms with Crippen molar-refractivity contribution in [2.45, 2.75) is 258 Å². The predicted molar refractivity (Wildman–Crippen MR) is 230 cm³/mol. The summed E-state index contributed by atoms with van der Waals surface area (Å²) in [6.07, 6.45) is 52.7. The van der Waals surface area contributed by atoms with Crippen LogP contribution in [0, 0.1) is 0 Å². The van der Waals surface area contributed by atoms with Gasteiger partial charge in [0, 0.05) is 19.3 Å². The average Bonchev–Trinajstić information content (AvgIpc) is 3.13. The van der Waals surface area contributed by atoms with E-state index in [4.69, 9.17) is 13.3 Å². The van der Waals surface area contributed by atoms with Gasteiger partial charge in [0.25, 0.3) is 0 Å². The van der Waals surface area contributed by atoms with E-state index >= 15 is 0 Å². The molecule has 0 aromatic rings. The molecule has 0 aromatic carbocycles. The second kappa shape index (κ2) is 43.4. The van der Waals surface area contributed by atoms with Crippen LogP contribution in [0.5, 0.6) is 0 Å². The van der Waals surface area contributed by atoms with Gasteiger partial charge >= 0.3 is 8.80 Å². The first-order chi connectivity index (χ1) is 24.7. The Labute approximate surface area is 322 Å². The predicted octanol–water partition coefficient (Wildman–Crippen LogP) is 16.5. The first-order valence-corrected chi connectivity index (χ1v) is 25.5. The maximum absolute atomic E-state index is 6.65. The lowest BCUT2D eigenvalue weighted by Crippen LogP contribution is -2.45. The molecule has 0 radical (unpaired) electrons. The van der Waals surface area contributed by atoms with E-state index in [0.717, 1.165) is 50.7 Å². The zero-order chi connectivity index (χ0) is 36.3. The Morgan fingerprint density at radius 3 is 1.00 bits per heavy atom. The van der Waals surface area contributed by atoms with Crippen LogP contribution in [-0.2, 0) is 13.3 Å². The van der Waals surface area contributed by atoms with E-state index in [0.29, 0.717) is 0 Å². The van der Waals surface area contributed by atoms with Gasteiger partial charge in [0.1, 0.15) is 0 Å². The number of unbranched alkanes of at least 4 members (excludes halogenated alkanes) is 32.